The Morgan fingerprint density at radius 3 is 2.12 bits per heavy atom. The normalized spacial score (nSPS) is 12.4. The van der Waals surface area contributed by atoms with Crippen LogP contribution in [0.4, 0.5) is 0 Å². The minimum absolute atomic E-state index is 0.180. The van der Waals surface area contributed by atoms with Crippen LogP contribution in [0.2, 0.25) is 0 Å². The molecule has 2 aromatic rings. The van der Waals surface area contributed by atoms with Gasteiger partial charge in [-0.25, -0.2) is 8.42 Å². The Morgan fingerprint density at radius 2 is 1.56 bits per heavy atom. The molecule has 0 aliphatic heterocycles. The highest BCUT2D eigenvalue weighted by atomic mass is 32.2. The minimum Gasteiger partial charge on any atom is -0.354 e. The molecule has 0 aromatic heterocycles. The molecule has 0 bridgehead atoms. The number of carbonyl (C=O) groups excluding carboxylic acids is 2. The first-order valence-corrected chi connectivity index (χ1v) is 12.7. The zero-order valence-corrected chi connectivity index (χ0v) is 19.8. The summed E-state index contributed by atoms with van der Waals surface area (Å²) >= 11 is 0. The van der Waals surface area contributed by atoms with E-state index in [-0.39, 0.29) is 19.0 Å². The molecule has 1 atom stereocenters. The van der Waals surface area contributed by atoms with Gasteiger partial charge in [-0.05, 0) is 17.5 Å². The largest absolute Gasteiger partial charge is 0.354 e. The Morgan fingerprint density at radius 1 is 0.969 bits per heavy atom. The maximum absolute atomic E-state index is 13.3. The zero-order chi connectivity index (χ0) is 23.6. The second kappa shape index (κ2) is 12.4. The predicted octanol–water partition coefficient (Wildman–Crippen LogP) is 2.95. The summed E-state index contributed by atoms with van der Waals surface area (Å²) in [7, 11) is -2.19. The number of likely N-dealkylation sites (N-methyl/N-ethyl adjacent to an activating group) is 1. The lowest BCUT2D eigenvalue weighted by atomic mass is 10.0. The molecule has 2 rings (SSSR count). The summed E-state index contributed by atoms with van der Waals surface area (Å²) < 4.78 is 24.8. The fraction of sp³-hybridized carbons (Fsp3) is 0.417. The Hall–Kier alpha value is -2.71. The van der Waals surface area contributed by atoms with E-state index in [1.807, 2.05) is 60.7 Å². The molecule has 0 unspecified atom stereocenters. The Labute approximate surface area is 191 Å². The second-order valence-electron chi connectivity index (χ2n) is 7.84. The van der Waals surface area contributed by atoms with Gasteiger partial charge in [0.2, 0.25) is 21.8 Å². The third-order valence-electron chi connectivity index (χ3n) is 5.20. The fourth-order valence-electron chi connectivity index (χ4n) is 3.29. The summed E-state index contributed by atoms with van der Waals surface area (Å²) in [6.45, 7) is 2.44. The van der Waals surface area contributed by atoms with E-state index in [1.54, 1.807) is 0 Å². The number of benzene rings is 2. The SMILES string of the molecule is CCCCCNC(=O)[C@@H](c1ccccc1)N(Cc1ccccc1)C(=O)CN(C)S(C)(=O)=O. The van der Waals surface area contributed by atoms with Crippen LogP contribution in [0.1, 0.15) is 43.4 Å². The maximum Gasteiger partial charge on any atom is 0.247 e. The Balaban J connectivity index is 2.40. The number of nitrogens with zero attached hydrogens (tertiary/aromatic N) is 2. The first kappa shape index (κ1) is 25.5. The van der Waals surface area contributed by atoms with Crippen LogP contribution in [0.5, 0.6) is 0 Å². The number of hydrogen-bond acceptors (Lipinski definition) is 4. The molecular weight excluding hydrogens is 426 g/mol. The van der Waals surface area contributed by atoms with Gasteiger partial charge >= 0.3 is 0 Å². The van der Waals surface area contributed by atoms with Crippen molar-refractivity contribution >= 4 is 21.8 Å². The number of hydrogen-bond donors (Lipinski definition) is 1. The van der Waals surface area contributed by atoms with Crippen LogP contribution in [-0.2, 0) is 26.2 Å². The molecule has 0 saturated heterocycles. The van der Waals surface area contributed by atoms with Crippen LogP contribution in [0.15, 0.2) is 60.7 Å². The number of nitrogens with one attached hydrogen (secondary N) is 1. The molecule has 8 heteroatoms. The predicted molar refractivity (Wildman–Crippen MR) is 126 cm³/mol. The molecular formula is C24H33N3O4S. The van der Waals surface area contributed by atoms with E-state index in [4.69, 9.17) is 0 Å². The van der Waals surface area contributed by atoms with Gasteiger partial charge in [0.05, 0.1) is 12.8 Å². The molecule has 174 valence electrons. The molecule has 0 aliphatic carbocycles. The number of rotatable bonds is 12. The summed E-state index contributed by atoms with van der Waals surface area (Å²) in [6.07, 6.45) is 3.95. The minimum atomic E-state index is -3.55. The lowest BCUT2D eigenvalue weighted by Crippen LogP contribution is -2.47. The van der Waals surface area contributed by atoms with Crippen LogP contribution in [-0.4, -0.2) is 55.8 Å². The zero-order valence-electron chi connectivity index (χ0n) is 19.0. The monoisotopic (exact) mass is 459 g/mol. The summed E-state index contributed by atoms with van der Waals surface area (Å²) in [5, 5.41) is 2.96. The average molecular weight is 460 g/mol. The number of unbranched alkanes of at least 4 members (excludes halogenated alkanes) is 2. The molecule has 2 aromatic carbocycles. The van der Waals surface area contributed by atoms with Gasteiger partial charge in [0, 0.05) is 20.1 Å². The van der Waals surface area contributed by atoms with Crippen molar-refractivity contribution in [3.63, 3.8) is 0 Å². The van der Waals surface area contributed by atoms with Gasteiger partial charge in [-0.1, -0.05) is 80.4 Å². The van der Waals surface area contributed by atoms with Crippen LogP contribution >= 0.6 is 0 Å². The molecule has 7 nitrogen and oxygen atoms in total. The number of carbonyl (C=O) groups is 2. The van der Waals surface area contributed by atoms with Gasteiger partial charge < -0.3 is 10.2 Å². The Bertz CT molecular complexity index is 965. The highest BCUT2D eigenvalue weighted by Crippen LogP contribution is 2.24. The van der Waals surface area contributed by atoms with Crippen molar-refractivity contribution < 1.29 is 18.0 Å². The Kier molecular flexibility index (Phi) is 9.87. The van der Waals surface area contributed by atoms with E-state index >= 15 is 0 Å². The number of sulfonamides is 1. The van der Waals surface area contributed by atoms with E-state index in [9.17, 15) is 18.0 Å². The van der Waals surface area contributed by atoms with Crippen molar-refractivity contribution in [3.8, 4) is 0 Å². The third-order valence-corrected chi connectivity index (χ3v) is 6.46. The fourth-order valence-corrected chi connectivity index (χ4v) is 3.64. The average Bonchev–Trinajstić information content (AvgIpc) is 2.77. The highest BCUT2D eigenvalue weighted by Gasteiger charge is 2.32. The van der Waals surface area contributed by atoms with E-state index in [1.165, 1.54) is 11.9 Å². The molecule has 32 heavy (non-hydrogen) atoms. The maximum atomic E-state index is 13.3. The molecule has 0 spiro atoms. The van der Waals surface area contributed by atoms with Crippen LogP contribution in [0.25, 0.3) is 0 Å². The van der Waals surface area contributed by atoms with Crippen molar-refractivity contribution in [2.75, 3.05) is 26.4 Å². The topological polar surface area (TPSA) is 86.8 Å². The highest BCUT2D eigenvalue weighted by molar-refractivity contribution is 7.88. The molecule has 0 fully saturated rings. The summed E-state index contributed by atoms with van der Waals surface area (Å²) in [6, 6.07) is 17.6. The van der Waals surface area contributed by atoms with Gasteiger partial charge in [-0.2, -0.15) is 4.31 Å². The van der Waals surface area contributed by atoms with Crippen LogP contribution in [0, 0.1) is 0 Å². The van der Waals surface area contributed by atoms with Crippen molar-refractivity contribution in [2.24, 2.45) is 0 Å². The molecule has 0 aliphatic rings. The van der Waals surface area contributed by atoms with Crippen molar-refractivity contribution in [3.05, 3.63) is 71.8 Å². The first-order chi connectivity index (χ1) is 15.2. The smallest absolute Gasteiger partial charge is 0.247 e. The van der Waals surface area contributed by atoms with Gasteiger partial charge in [-0.15, -0.1) is 0 Å². The molecule has 2 amide bonds. The number of amides is 2. The summed E-state index contributed by atoms with van der Waals surface area (Å²) in [5.41, 5.74) is 1.52. The van der Waals surface area contributed by atoms with Crippen molar-refractivity contribution in [1.29, 1.82) is 0 Å². The van der Waals surface area contributed by atoms with E-state index in [0.29, 0.717) is 12.1 Å². The van der Waals surface area contributed by atoms with Gasteiger partial charge in [0.15, 0.2) is 0 Å². The standard InChI is InChI=1S/C24H33N3O4S/c1-4-5-12-17-25-24(29)23(21-15-10-7-11-16-21)27(18-20-13-8-6-9-14-20)22(28)19-26(2)32(3,30)31/h6-11,13-16,23H,4-5,12,17-19H2,1-3H3,(H,25,29)/t23-/m1/s1. The lowest BCUT2D eigenvalue weighted by Gasteiger charge is -2.32. The third kappa shape index (κ3) is 7.76. The molecule has 0 saturated carbocycles. The van der Waals surface area contributed by atoms with Crippen LogP contribution in [0.3, 0.4) is 0 Å². The van der Waals surface area contributed by atoms with E-state index in [2.05, 4.69) is 12.2 Å². The van der Waals surface area contributed by atoms with Gasteiger partial charge in [0.25, 0.3) is 0 Å². The van der Waals surface area contributed by atoms with E-state index < -0.39 is 22.0 Å². The van der Waals surface area contributed by atoms with Gasteiger partial charge in [-0.3, -0.25) is 9.59 Å². The van der Waals surface area contributed by atoms with E-state index in [0.717, 1.165) is 35.4 Å². The quantitative estimate of drug-likeness (QED) is 0.495. The summed E-state index contributed by atoms with van der Waals surface area (Å²) in [4.78, 5) is 28.1. The summed E-state index contributed by atoms with van der Waals surface area (Å²) in [5.74, 6) is -0.724. The van der Waals surface area contributed by atoms with Crippen molar-refractivity contribution in [1.82, 2.24) is 14.5 Å². The molecule has 0 heterocycles. The second-order valence-corrected chi connectivity index (χ2v) is 9.93. The first-order valence-electron chi connectivity index (χ1n) is 10.8. The molecule has 0 radical (unpaired) electrons. The lowest BCUT2D eigenvalue weighted by molar-refractivity contribution is -0.141. The molecule has 1 N–H and O–H groups in total. The van der Waals surface area contributed by atoms with Gasteiger partial charge in [0.1, 0.15) is 6.04 Å². The van der Waals surface area contributed by atoms with Crippen molar-refractivity contribution in [2.45, 2.75) is 38.8 Å². The van der Waals surface area contributed by atoms with Crippen LogP contribution < -0.4 is 5.32 Å².